The lowest BCUT2D eigenvalue weighted by Gasteiger charge is -2.50. The topological polar surface area (TPSA) is 180 Å². The molecule has 37 heavy (non-hydrogen) atoms. The molecule has 1 unspecified atom stereocenters. The van der Waals surface area contributed by atoms with E-state index in [9.17, 15) is 19.5 Å². The zero-order chi connectivity index (χ0) is 26.3. The van der Waals surface area contributed by atoms with Crippen LogP contribution >= 0.6 is 11.8 Å². The largest absolute Gasteiger partial charge is 0.543 e. The third kappa shape index (κ3) is 4.50. The fourth-order valence-corrected chi connectivity index (χ4v) is 5.56. The number of furan rings is 1. The number of thioether (sulfide) groups is 1. The first-order valence-electron chi connectivity index (χ1n) is 11.3. The van der Waals surface area contributed by atoms with Crippen LogP contribution in [0.3, 0.4) is 0 Å². The van der Waals surface area contributed by atoms with Gasteiger partial charge in [-0.2, -0.15) is 4.98 Å². The number of nitrogens with two attached hydrogens (primary N) is 1. The number of amides is 2. The van der Waals surface area contributed by atoms with Gasteiger partial charge in [0.1, 0.15) is 41.3 Å². The van der Waals surface area contributed by atoms with Crippen LogP contribution in [0.2, 0.25) is 0 Å². The van der Waals surface area contributed by atoms with E-state index in [4.69, 9.17) is 19.4 Å². The normalized spacial score (nSPS) is 19.6. The van der Waals surface area contributed by atoms with Crippen molar-refractivity contribution < 1.29 is 37.7 Å². The Bertz CT molecular complexity index is 1480. The van der Waals surface area contributed by atoms with E-state index in [0.717, 1.165) is 27.9 Å². The van der Waals surface area contributed by atoms with Crippen molar-refractivity contribution in [3.05, 3.63) is 53.5 Å². The van der Waals surface area contributed by atoms with Crippen molar-refractivity contribution >= 4 is 52.2 Å². The van der Waals surface area contributed by atoms with Gasteiger partial charge >= 0.3 is 0 Å². The van der Waals surface area contributed by atoms with Gasteiger partial charge in [-0.1, -0.05) is 5.16 Å². The van der Waals surface area contributed by atoms with Gasteiger partial charge in [0.2, 0.25) is 0 Å². The number of fused-ring (bicyclic) bond motifs is 2. The summed E-state index contributed by atoms with van der Waals surface area (Å²) < 4.78 is 12.3. The third-order valence-electron chi connectivity index (χ3n) is 5.80. The van der Waals surface area contributed by atoms with Crippen molar-refractivity contribution in [3.63, 3.8) is 0 Å². The van der Waals surface area contributed by atoms with Crippen molar-refractivity contribution in [1.29, 1.82) is 0 Å². The van der Waals surface area contributed by atoms with E-state index in [1.807, 2.05) is 23.8 Å². The number of hydrogen-bond acceptors (Lipinski definition) is 11. The molecule has 0 bridgehead atoms. The van der Waals surface area contributed by atoms with Crippen LogP contribution in [0.1, 0.15) is 18.4 Å². The van der Waals surface area contributed by atoms with Gasteiger partial charge in [0.15, 0.2) is 24.7 Å². The molecule has 2 aliphatic heterocycles. The molecule has 14 heteroatoms. The summed E-state index contributed by atoms with van der Waals surface area (Å²) in [5.41, 5.74) is 6.33. The van der Waals surface area contributed by atoms with E-state index in [0.29, 0.717) is 11.3 Å². The summed E-state index contributed by atoms with van der Waals surface area (Å²) in [5.74, 6) is -1.71. The maximum atomic E-state index is 13.0. The summed E-state index contributed by atoms with van der Waals surface area (Å²) in [4.78, 5) is 48.1. The first-order chi connectivity index (χ1) is 17.8. The number of aryl methyl sites for hydroxylation is 1. The van der Waals surface area contributed by atoms with E-state index in [2.05, 4.69) is 15.5 Å². The van der Waals surface area contributed by atoms with Crippen LogP contribution in [-0.4, -0.2) is 57.2 Å². The number of oxime groups is 1. The van der Waals surface area contributed by atoms with Crippen LogP contribution in [-0.2, 0) is 25.8 Å². The highest BCUT2D eigenvalue weighted by molar-refractivity contribution is 8.00. The minimum Gasteiger partial charge on any atom is -0.543 e. The molecule has 192 valence electrons. The van der Waals surface area contributed by atoms with E-state index in [-0.39, 0.29) is 36.3 Å². The van der Waals surface area contributed by atoms with Crippen LogP contribution in [0.25, 0.3) is 11.0 Å². The lowest BCUT2D eigenvalue weighted by atomic mass is 10.0. The predicted octanol–water partition coefficient (Wildman–Crippen LogP) is -0.556. The summed E-state index contributed by atoms with van der Waals surface area (Å²) in [6.07, 6.45) is 4.76. The summed E-state index contributed by atoms with van der Waals surface area (Å²) in [5, 5.41) is 18.7. The van der Waals surface area contributed by atoms with Gasteiger partial charge in [-0.15, -0.1) is 11.8 Å². The molecule has 3 N–H and O–H groups in total. The minimum atomic E-state index is -1.46. The number of hydrogen-bond donors (Lipinski definition) is 2. The Hall–Kier alpha value is -4.33. The maximum Gasteiger partial charge on any atom is 0.292 e. The number of oxazole rings is 1. The second kappa shape index (κ2) is 9.61. The van der Waals surface area contributed by atoms with Gasteiger partial charge < -0.3 is 34.6 Å². The second-order valence-corrected chi connectivity index (χ2v) is 9.43. The molecule has 0 radical (unpaired) electrons. The summed E-state index contributed by atoms with van der Waals surface area (Å²) in [7, 11) is 0. The molecule has 0 spiro atoms. The molecule has 5 heterocycles. The van der Waals surface area contributed by atoms with E-state index in [1.165, 1.54) is 11.8 Å². The molecule has 3 aromatic heterocycles. The number of rotatable bonds is 8. The van der Waals surface area contributed by atoms with Crippen LogP contribution in [0, 0.1) is 6.92 Å². The molecule has 2 amide bonds. The number of carboxylic acids is 1. The number of nitrogens with zero attached hydrogens (tertiary/aromatic N) is 4. The van der Waals surface area contributed by atoms with Crippen molar-refractivity contribution in [2.45, 2.75) is 31.8 Å². The number of carboxylic acid groups (broad SMARTS) is 1. The Morgan fingerprint density at radius 2 is 2.27 bits per heavy atom. The Balaban J connectivity index is 1.35. The fraction of sp³-hybridized carbons (Fsp3) is 0.304. The highest BCUT2D eigenvalue weighted by atomic mass is 32.2. The molecule has 0 aliphatic carbocycles. The van der Waals surface area contributed by atoms with E-state index in [1.54, 1.807) is 19.2 Å². The molecule has 2 atom stereocenters. The molecule has 13 nitrogen and oxygen atoms in total. The average molecular weight is 527 g/mol. The summed E-state index contributed by atoms with van der Waals surface area (Å²) >= 11 is 1.34. The van der Waals surface area contributed by atoms with Crippen molar-refractivity contribution in [1.82, 2.24) is 15.2 Å². The number of carbonyl (C=O) groups is 3. The standard InChI is InChI=1S/C23H22N6O7S/c1-3-35-27-16(14-9-34-23(24)25-14)19(30)26-17-20(31)29-18(22(32)33)13(10-37-21(17)29)8-28-5-4-15-12(7-28)6-11(2)36-15/h4-7,9,17,21H,3,8,10H2,1-2H3,(H3-,24,25,26,30,32,33)/t17?,21-/m0/s1. The number of pyridine rings is 1. The number of nitrogen functional groups attached to an aromatic ring is 1. The van der Waals surface area contributed by atoms with E-state index < -0.39 is 29.2 Å². The van der Waals surface area contributed by atoms with Crippen LogP contribution < -0.4 is 20.7 Å². The average Bonchev–Trinajstić information content (AvgIpc) is 3.46. The molecule has 5 rings (SSSR count). The smallest absolute Gasteiger partial charge is 0.292 e. The number of aliphatic carboxylic acids is 1. The molecule has 0 saturated carbocycles. The van der Waals surface area contributed by atoms with Gasteiger partial charge in [-0.25, -0.2) is 4.57 Å². The number of carbonyl (C=O) groups excluding carboxylic acids is 3. The van der Waals surface area contributed by atoms with Crippen molar-refractivity contribution in [3.8, 4) is 0 Å². The van der Waals surface area contributed by atoms with Gasteiger partial charge in [0.25, 0.3) is 17.8 Å². The SMILES string of the molecule is CCON=C(C(=O)NC1C(=O)N2C(C(=O)[O-])=C(C[n+]3ccc4oc(C)cc4c3)CS[C@@H]12)c1coc(N)n1. The van der Waals surface area contributed by atoms with Crippen molar-refractivity contribution in [2.24, 2.45) is 5.16 Å². The quantitative estimate of drug-likeness (QED) is 0.167. The molecule has 1 saturated heterocycles. The first-order valence-corrected chi connectivity index (χ1v) is 12.3. The zero-order valence-electron chi connectivity index (χ0n) is 19.8. The van der Waals surface area contributed by atoms with Gasteiger partial charge in [0.05, 0.1) is 17.1 Å². The highest BCUT2D eigenvalue weighted by Crippen LogP contribution is 2.40. The predicted molar refractivity (Wildman–Crippen MR) is 127 cm³/mol. The van der Waals surface area contributed by atoms with Crippen LogP contribution in [0.15, 0.2) is 56.0 Å². The number of β-lactam (4-membered cyclic amide) rings is 1. The fourth-order valence-electron chi connectivity index (χ4n) is 4.22. The van der Waals surface area contributed by atoms with Gasteiger partial charge in [-0.3, -0.25) is 14.5 Å². The molecule has 2 aliphatic rings. The molecular formula is C23H22N6O7S. The van der Waals surface area contributed by atoms with Gasteiger partial charge in [0, 0.05) is 17.4 Å². The zero-order valence-corrected chi connectivity index (χ0v) is 20.6. The summed E-state index contributed by atoms with van der Waals surface area (Å²) in [6.45, 7) is 3.95. The Labute approximate surface area is 213 Å². The molecule has 1 fully saturated rings. The summed E-state index contributed by atoms with van der Waals surface area (Å²) in [6, 6.07) is 2.53. The Kier molecular flexibility index (Phi) is 6.33. The van der Waals surface area contributed by atoms with Crippen LogP contribution in [0.5, 0.6) is 0 Å². The Morgan fingerprint density at radius 1 is 1.46 bits per heavy atom. The van der Waals surface area contributed by atoms with E-state index >= 15 is 0 Å². The monoisotopic (exact) mass is 526 g/mol. The van der Waals surface area contributed by atoms with Gasteiger partial charge in [-0.05, 0) is 19.9 Å². The lowest BCUT2D eigenvalue weighted by molar-refractivity contribution is -0.687. The highest BCUT2D eigenvalue weighted by Gasteiger charge is 2.53. The lowest BCUT2D eigenvalue weighted by Crippen LogP contribution is -2.71. The van der Waals surface area contributed by atoms with Crippen molar-refractivity contribution in [2.75, 3.05) is 18.1 Å². The second-order valence-electron chi connectivity index (χ2n) is 8.32. The Morgan fingerprint density at radius 3 is 2.97 bits per heavy atom. The molecular weight excluding hydrogens is 504 g/mol. The minimum absolute atomic E-state index is 0.0304. The third-order valence-corrected chi connectivity index (χ3v) is 7.14. The number of anilines is 1. The first kappa shape index (κ1) is 24.4. The maximum absolute atomic E-state index is 13.0. The molecule has 0 aromatic carbocycles. The molecule has 3 aromatic rings. The number of nitrogens with one attached hydrogen (secondary N) is 1. The van der Waals surface area contributed by atoms with Crippen LogP contribution in [0.4, 0.5) is 6.01 Å². The number of aromatic nitrogens is 2.